The first kappa shape index (κ1) is 15.3. The Bertz CT molecular complexity index is 644. The number of allylic oxidation sites excluding steroid dienone is 1. The van der Waals surface area contributed by atoms with Gasteiger partial charge in [-0.15, -0.1) is 18.2 Å². The maximum absolute atomic E-state index is 9.52. The molecule has 0 aromatic heterocycles. The summed E-state index contributed by atoms with van der Waals surface area (Å²) in [7, 11) is 0. The van der Waals surface area contributed by atoms with E-state index < -0.39 is 0 Å². The number of rotatable bonds is 1. The van der Waals surface area contributed by atoms with Crippen LogP contribution in [0.25, 0.3) is 0 Å². The quantitative estimate of drug-likeness (QED) is 0.354. The molecular weight excluding hydrogens is 287 g/mol. The molecule has 3 rings (SSSR count). The van der Waals surface area contributed by atoms with Crippen molar-refractivity contribution in [2.75, 3.05) is 5.01 Å². The summed E-state index contributed by atoms with van der Waals surface area (Å²) in [6.45, 7) is 1.89. The van der Waals surface area contributed by atoms with Crippen molar-refractivity contribution in [1.82, 2.24) is 10.5 Å². The van der Waals surface area contributed by atoms with Crippen LogP contribution in [0, 0.1) is 0 Å². The summed E-state index contributed by atoms with van der Waals surface area (Å²) >= 11 is 4.37. The number of anilines is 1. The fourth-order valence-corrected chi connectivity index (χ4v) is 2.20. The summed E-state index contributed by atoms with van der Waals surface area (Å²) in [5.74, 6) is 0.374. The van der Waals surface area contributed by atoms with E-state index in [-0.39, 0.29) is 41.1 Å². The third kappa shape index (κ3) is 2.68. The maximum atomic E-state index is 9.52. The van der Waals surface area contributed by atoms with Crippen molar-refractivity contribution >= 4 is 53.6 Å². The number of hydrogen-bond acceptors (Lipinski definition) is 7. The molecule has 1 aromatic carbocycles. The van der Waals surface area contributed by atoms with Crippen LogP contribution >= 0.6 is 12.6 Å². The molecule has 6 nitrogen and oxygen atoms in total. The van der Waals surface area contributed by atoms with E-state index in [2.05, 4.69) is 23.2 Å². The van der Waals surface area contributed by atoms with Gasteiger partial charge in [-0.25, -0.2) is 10.0 Å². The molecule has 0 radical (unpaired) electrons. The van der Waals surface area contributed by atoms with Gasteiger partial charge >= 0.3 is 29.6 Å². The molecule has 0 bridgehead atoms. The molecular formula is C12H13N4NaO2S. The van der Waals surface area contributed by atoms with Gasteiger partial charge in [0.1, 0.15) is 0 Å². The Hall–Kier alpha value is -1.12. The van der Waals surface area contributed by atoms with Crippen LogP contribution in [0.4, 0.5) is 5.69 Å². The Balaban J connectivity index is 0.00000147. The van der Waals surface area contributed by atoms with Gasteiger partial charge in [-0.1, -0.05) is 0 Å². The van der Waals surface area contributed by atoms with Crippen LogP contribution in [0.15, 0.2) is 46.3 Å². The molecule has 0 spiro atoms. The van der Waals surface area contributed by atoms with Crippen molar-refractivity contribution in [2.24, 2.45) is 4.99 Å². The van der Waals surface area contributed by atoms with E-state index in [9.17, 15) is 10.2 Å². The Labute approximate surface area is 143 Å². The van der Waals surface area contributed by atoms with Crippen LogP contribution in [0.3, 0.4) is 0 Å². The summed E-state index contributed by atoms with van der Waals surface area (Å²) < 4.78 is 0. The molecule has 0 fully saturated rings. The molecule has 20 heavy (non-hydrogen) atoms. The Morgan fingerprint density at radius 2 is 2.00 bits per heavy atom. The molecule has 0 atom stereocenters. The van der Waals surface area contributed by atoms with Gasteiger partial charge in [0.2, 0.25) is 0 Å². The standard InChI is InChI=1S/C12H12N4O2S.Na.H/c1-7-4-12(19)16-11(13-7)6-15(14-16)8-2-3-9(17)10(18)5-8;;/h2-6,14,17-19H,1H3;;. The van der Waals surface area contributed by atoms with E-state index in [0.29, 0.717) is 11.5 Å². The number of benzene rings is 1. The number of thiol groups is 1. The van der Waals surface area contributed by atoms with E-state index in [1.54, 1.807) is 22.3 Å². The van der Waals surface area contributed by atoms with Gasteiger partial charge in [-0.3, -0.25) is 5.01 Å². The number of aliphatic imine (C=N–C) groups is 1. The summed E-state index contributed by atoms with van der Waals surface area (Å²) in [6, 6.07) is 4.56. The summed E-state index contributed by atoms with van der Waals surface area (Å²) in [6.07, 6.45) is 3.61. The number of hydrazine groups is 2. The van der Waals surface area contributed by atoms with Gasteiger partial charge < -0.3 is 10.2 Å². The number of fused-ring (bicyclic) bond motifs is 1. The predicted molar refractivity (Wildman–Crippen MR) is 82.6 cm³/mol. The number of phenolic OH excluding ortho intramolecular Hbond substituents is 2. The Morgan fingerprint density at radius 1 is 1.25 bits per heavy atom. The molecule has 2 heterocycles. The van der Waals surface area contributed by atoms with Crippen molar-refractivity contribution in [3.8, 4) is 11.5 Å². The first-order chi connectivity index (χ1) is 9.04. The SMILES string of the molecule is CC1=NC2=CN(c3ccc(O)c(O)c3)NN2C(S)=C1.[NaH]. The second-order valence-corrected chi connectivity index (χ2v) is 4.68. The zero-order valence-corrected chi connectivity index (χ0v) is 11.0. The Kier molecular flexibility index (Phi) is 4.36. The molecule has 8 heteroatoms. The molecule has 100 valence electrons. The van der Waals surface area contributed by atoms with Gasteiger partial charge in [-0.05, 0) is 25.1 Å². The third-order valence-corrected chi connectivity index (χ3v) is 3.11. The molecule has 0 saturated heterocycles. The van der Waals surface area contributed by atoms with Crippen LogP contribution in [-0.2, 0) is 0 Å². The molecule has 3 N–H and O–H groups in total. The van der Waals surface area contributed by atoms with Crippen LogP contribution < -0.4 is 10.5 Å². The van der Waals surface area contributed by atoms with Crippen LogP contribution in [0.5, 0.6) is 11.5 Å². The van der Waals surface area contributed by atoms with Crippen molar-refractivity contribution in [3.63, 3.8) is 0 Å². The van der Waals surface area contributed by atoms with Gasteiger partial charge in [0.15, 0.2) is 17.3 Å². The van der Waals surface area contributed by atoms with E-state index in [4.69, 9.17) is 0 Å². The fourth-order valence-electron chi connectivity index (χ4n) is 1.87. The molecule has 0 amide bonds. The van der Waals surface area contributed by atoms with Crippen molar-refractivity contribution in [1.29, 1.82) is 0 Å². The topological polar surface area (TPSA) is 71.3 Å². The molecule has 0 saturated carbocycles. The van der Waals surface area contributed by atoms with Gasteiger partial charge in [-0.2, -0.15) is 0 Å². The normalized spacial score (nSPS) is 17.0. The number of hydrogen-bond donors (Lipinski definition) is 4. The summed E-state index contributed by atoms with van der Waals surface area (Å²) in [5, 5.41) is 22.9. The Morgan fingerprint density at radius 3 is 2.70 bits per heavy atom. The molecule has 1 aromatic rings. The monoisotopic (exact) mass is 300 g/mol. The average molecular weight is 300 g/mol. The van der Waals surface area contributed by atoms with Crippen molar-refractivity contribution in [2.45, 2.75) is 6.92 Å². The van der Waals surface area contributed by atoms with Crippen LogP contribution in [0.1, 0.15) is 6.92 Å². The van der Waals surface area contributed by atoms with Crippen molar-refractivity contribution in [3.05, 3.63) is 41.3 Å². The number of phenols is 2. The molecule has 2 aliphatic rings. The van der Waals surface area contributed by atoms with Crippen LogP contribution in [0.2, 0.25) is 0 Å². The number of aromatic hydroxyl groups is 2. The minimum atomic E-state index is -0.177. The summed E-state index contributed by atoms with van der Waals surface area (Å²) in [5.41, 5.74) is 4.59. The predicted octanol–water partition coefficient (Wildman–Crippen LogP) is 1.04. The zero-order chi connectivity index (χ0) is 13.6. The first-order valence-electron chi connectivity index (χ1n) is 5.60. The van der Waals surface area contributed by atoms with Gasteiger partial charge in [0.25, 0.3) is 0 Å². The molecule has 0 aliphatic carbocycles. The van der Waals surface area contributed by atoms with E-state index in [1.807, 2.05) is 13.0 Å². The van der Waals surface area contributed by atoms with Crippen LogP contribution in [-0.4, -0.2) is 50.5 Å². The molecule has 0 unspecified atom stereocenters. The second-order valence-electron chi connectivity index (χ2n) is 4.22. The fraction of sp³-hybridized carbons (Fsp3) is 0.0833. The molecule has 2 aliphatic heterocycles. The number of nitrogens with one attached hydrogen (secondary N) is 1. The first-order valence-corrected chi connectivity index (χ1v) is 6.05. The van der Waals surface area contributed by atoms with Gasteiger partial charge in [0, 0.05) is 11.8 Å². The number of nitrogens with zero attached hydrogens (tertiary/aromatic N) is 3. The third-order valence-electron chi connectivity index (χ3n) is 2.78. The zero-order valence-electron chi connectivity index (χ0n) is 10.1. The van der Waals surface area contributed by atoms with Gasteiger partial charge in [0.05, 0.1) is 16.9 Å². The van der Waals surface area contributed by atoms with E-state index >= 15 is 0 Å². The van der Waals surface area contributed by atoms with E-state index in [0.717, 1.165) is 10.7 Å². The second kappa shape index (κ2) is 5.71. The van der Waals surface area contributed by atoms with Crippen molar-refractivity contribution < 1.29 is 10.2 Å². The summed E-state index contributed by atoms with van der Waals surface area (Å²) in [4.78, 5) is 4.37. The average Bonchev–Trinajstić information content (AvgIpc) is 2.76. The minimum absolute atomic E-state index is 0. The van der Waals surface area contributed by atoms with E-state index in [1.165, 1.54) is 12.1 Å².